The normalized spacial score (nSPS) is 13.4. The minimum absolute atomic E-state index is 0.0680. The molecule has 1 aliphatic rings. The van der Waals surface area contributed by atoms with E-state index in [1.807, 2.05) is 0 Å². The minimum atomic E-state index is -4.48. The number of fused-ring (bicyclic) bond motifs is 1. The summed E-state index contributed by atoms with van der Waals surface area (Å²) in [5.41, 5.74) is 8.85. The van der Waals surface area contributed by atoms with Crippen LogP contribution in [0.3, 0.4) is 0 Å². The first-order chi connectivity index (χ1) is 23.0. The average molecular weight is 678 g/mol. The summed E-state index contributed by atoms with van der Waals surface area (Å²) in [5.74, 6) is -2.73. The molecule has 15 heteroatoms. The molecule has 0 saturated carbocycles. The number of phenolic OH excluding ortho intramolecular Hbond substituents is 1. The molecule has 0 spiro atoms. The Labute approximate surface area is 273 Å². The van der Waals surface area contributed by atoms with Crippen LogP contribution in [0.2, 0.25) is 0 Å². The Kier molecular flexibility index (Phi) is 8.73. The van der Waals surface area contributed by atoms with E-state index < -0.39 is 26.6 Å². The van der Waals surface area contributed by atoms with Crippen LogP contribution in [0.5, 0.6) is 17.4 Å². The Morgan fingerprint density at radius 2 is 1.75 bits per heavy atom. The molecule has 1 saturated heterocycles. The highest BCUT2D eigenvalue weighted by atomic mass is 32.2. The van der Waals surface area contributed by atoms with Crippen molar-refractivity contribution in [1.82, 2.24) is 14.9 Å². The van der Waals surface area contributed by atoms with Crippen LogP contribution in [0.1, 0.15) is 10.4 Å². The zero-order valence-corrected chi connectivity index (χ0v) is 26.5. The lowest BCUT2D eigenvalue weighted by Gasteiger charge is -2.27. The summed E-state index contributed by atoms with van der Waals surface area (Å²) in [4.78, 5) is 22.7. The van der Waals surface area contributed by atoms with Gasteiger partial charge in [0.25, 0.3) is 15.9 Å². The standard InChI is InChI=1S/C33H29F2N5O7S/c1-45-30-22(6-7-23(29(30)41)33(42)40-9-11-47-12-10-40)24-13-19-4-3-18(14-26(19)38-31(24)36)20-15-27(32(46-2)37-17-20)39-48(43,44)28-8-5-21(34)16-25(28)35/h3-8,13-17,39,41H,9-12H2,1-2H3,(H2,36,38). The van der Waals surface area contributed by atoms with Gasteiger partial charge in [-0.05, 0) is 48.0 Å². The first kappa shape index (κ1) is 32.4. The third kappa shape index (κ3) is 6.12. The molecule has 1 aliphatic heterocycles. The molecular formula is C33H29F2N5O7S. The fourth-order valence-corrected chi connectivity index (χ4v) is 6.52. The number of aromatic hydroxyl groups is 1. The number of carbonyl (C=O) groups excluding carboxylic acids is 1. The van der Waals surface area contributed by atoms with Gasteiger partial charge in [0, 0.05) is 47.4 Å². The number of halogens is 2. The summed E-state index contributed by atoms with van der Waals surface area (Å²) < 4.78 is 72.0. The molecule has 4 N–H and O–H groups in total. The quantitative estimate of drug-likeness (QED) is 0.207. The van der Waals surface area contributed by atoms with E-state index in [1.54, 1.807) is 35.2 Å². The number of hydrogen-bond donors (Lipinski definition) is 3. The third-order valence-corrected chi connectivity index (χ3v) is 9.21. The van der Waals surface area contributed by atoms with Gasteiger partial charge in [-0.15, -0.1) is 0 Å². The van der Waals surface area contributed by atoms with Crippen molar-refractivity contribution in [3.8, 4) is 39.6 Å². The maximum absolute atomic E-state index is 14.3. The number of aromatic nitrogens is 2. The van der Waals surface area contributed by atoms with Gasteiger partial charge < -0.3 is 30.0 Å². The molecular weight excluding hydrogens is 648 g/mol. The van der Waals surface area contributed by atoms with E-state index in [9.17, 15) is 27.1 Å². The SMILES string of the molecule is COc1ncc(-c2ccc3cc(-c4ccc(C(=O)N5CCOCC5)c(O)c4OC)c(N)nc3c2)cc1NS(=O)(=O)c1ccc(F)cc1F. The summed E-state index contributed by atoms with van der Waals surface area (Å²) in [6.45, 7) is 1.64. The molecule has 0 aliphatic carbocycles. The van der Waals surface area contributed by atoms with Crippen molar-refractivity contribution in [2.24, 2.45) is 0 Å². The molecule has 3 aromatic carbocycles. The molecule has 0 radical (unpaired) electrons. The summed E-state index contributed by atoms with van der Waals surface area (Å²) >= 11 is 0. The number of methoxy groups -OCH3 is 2. The maximum atomic E-state index is 14.3. The lowest BCUT2D eigenvalue weighted by atomic mass is 9.98. The van der Waals surface area contributed by atoms with E-state index >= 15 is 0 Å². The molecule has 248 valence electrons. The number of nitrogen functional groups attached to an aromatic ring is 1. The number of pyridine rings is 2. The van der Waals surface area contributed by atoms with Crippen LogP contribution >= 0.6 is 0 Å². The Bertz CT molecular complexity index is 2180. The molecule has 1 amide bonds. The second-order valence-corrected chi connectivity index (χ2v) is 12.4. The summed E-state index contributed by atoms with van der Waals surface area (Å²) in [5, 5.41) is 11.7. The van der Waals surface area contributed by atoms with Gasteiger partial charge in [0.15, 0.2) is 11.5 Å². The van der Waals surface area contributed by atoms with Gasteiger partial charge in [0.05, 0.1) is 38.5 Å². The number of nitrogens with one attached hydrogen (secondary N) is 1. The molecule has 0 atom stereocenters. The second-order valence-electron chi connectivity index (χ2n) is 10.7. The fourth-order valence-electron chi connectivity index (χ4n) is 5.42. The van der Waals surface area contributed by atoms with Crippen LogP contribution in [0.15, 0.2) is 71.8 Å². The van der Waals surface area contributed by atoms with Crippen molar-refractivity contribution in [2.45, 2.75) is 4.90 Å². The van der Waals surface area contributed by atoms with Crippen molar-refractivity contribution < 1.29 is 41.3 Å². The molecule has 12 nitrogen and oxygen atoms in total. The molecule has 0 bridgehead atoms. The van der Waals surface area contributed by atoms with Crippen molar-refractivity contribution >= 4 is 38.3 Å². The number of amides is 1. The predicted octanol–water partition coefficient (Wildman–Crippen LogP) is 4.82. The number of anilines is 2. The van der Waals surface area contributed by atoms with E-state index in [1.165, 1.54) is 32.5 Å². The van der Waals surface area contributed by atoms with E-state index in [2.05, 4.69) is 14.7 Å². The van der Waals surface area contributed by atoms with Gasteiger partial charge in [0.2, 0.25) is 5.88 Å². The number of ether oxygens (including phenoxy) is 3. The minimum Gasteiger partial charge on any atom is -0.504 e. The van der Waals surface area contributed by atoms with Gasteiger partial charge in [-0.25, -0.2) is 27.2 Å². The summed E-state index contributed by atoms with van der Waals surface area (Å²) in [6, 6.07) is 13.8. The van der Waals surface area contributed by atoms with E-state index in [4.69, 9.17) is 19.9 Å². The first-order valence-corrected chi connectivity index (χ1v) is 16.0. The molecule has 0 unspecified atom stereocenters. The lowest BCUT2D eigenvalue weighted by molar-refractivity contribution is 0.0300. The second kappa shape index (κ2) is 12.9. The van der Waals surface area contributed by atoms with E-state index in [0.29, 0.717) is 65.5 Å². The number of nitrogens with two attached hydrogens (primary N) is 1. The molecule has 48 heavy (non-hydrogen) atoms. The van der Waals surface area contributed by atoms with Crippen molar-refractivity contribution in [3.63, 3.8) is 0 Å². The van der Waals surface area contributed by atoms with E-state index in [0.717, 1.165) is 12.1 Å². The fraction of sp³-hybridized carbons (Fsp3) is 0.182. The highest BCUT2D eigenvalue weighted by Crippen LogP contribution is 2.43. The number of rotatable bonds is 8. The third-order valence-electron chi connectivity index (χ3n) is 7.81. The molecule has 2 aromatic heterocycles. The number of phenols is 1. The number of morpholine rings is 1. The topological polar surface area (TPSA) is 166 Å². The zero-order chi connectivity index (χ0) is 34.2. The smallest absolute Gasteiger partial charge is 0.264 e. The van der Waals surface area contributed by atoms with Crippen molar-refractivity contribution in [2.75, 3.05) is 51.0 Å². The predicted molar refractivity (Wildman–Crippen MR) is 173 cm³/mol. The number of hydrogen-bond acceptors (Lipinski definition) is 10. The van der Waals surface area contributed by atoms with Crippen molar-refractivity contribution in [3.05, 3.63) is 84.1 Å². The molecule has 5 aromatic rings. The summed E-state index contributed by atoms with van der Waals surface area (Å²) in [7, 11) is -1.81. The van der Waals surface area contributed by atoms with E-state index in [-0.39, 0.29) is 40.4 Å². The number of sulfonamides is 1. The van der Waals surface area contributed by atoms with Gasteiger partial charge >= 0.3 is 0 Å². The molecule has 3 heterocycles. The average Bonchev–Trinajstić information content (AvgIpc) is 3.07. The highest BCUT2D eigenvalue weighted by molar-refractivity contribution is 7.92. The van der Waals surface area contributed by atoms with Crippen LogP contribution in [0, 0.1) is 11.6 Å². The van der Waals surface area contributed by atoms with Gasteiger partial charge in [0.1, 0.15) is 28.0 Å². The maximum Gasteiger partial charge on any atom is 0.264 e. The first-order valence-electron chi connectivity index (χ1n) is 14.5. The number of benzene rings is 3. The monoisotopic (exact) mass is 677 g/mol. The highest BCUT2D eigenvalue weighted by Gasteiger charge is 2.26. The Morgan fingerprint density at radius 1 is 0.979 bits per heavy atom. The van der Waals surface area contributed by atoms with Gasteiger partial charge in [-0.2, -0.15) is 0 Å². The number of carbonyl (C=O) groups is 1. The number of nitrogens with zero attached hydrogens (tertiary/aromatic N) is 3. The zero-order valence-electron chi connectivity index (χ0n) is 25.7. The van der Waals surface area contributed by atoms with Gasteiger partial charge in [-0.1, -0.05) is 12.1 Å². The van der Waals surface area contributed by atoms with Crippen LogP contribution in [0.4, 0.5) is 20.3 Å². The molecule has 1 fully saturated rings. The Balaban J connectivity index is 1.33. The van der Waals surface area contributed by atoms with Crippen molar-refractivity contribution in [1.29, 1.82) is 0 Å². The largest absolute Gasteiger partial charge is 0.504 e. The molecule has 6 rings (SSSR count). The Morgan fingerprint density at radius 3 is 2.46 bits per heavy atom. The van der Waals surface area contributed by atoms with Crippen LogP contribution in [0.25, 0.3) is 33.2 Å². The Hall–Kier alpha value is -5.54. The van der Waals surface area contributed by atoms with Crippen LogP contribution in [-0.4, -0.2) is 74.8 Å². The van der Waals surface area contributed by atoms with Crippen LogP contribution < -0.4 is 19.9 Å². The van der Waals surface area contributed by atoms with Gasteiger partial charge in [-0.3, -0.25) is 9.52 Å². The summed E-state index contributed by atoms with van der Waals surface area (Å²) in [6.07, 6.45) is 1.46. The van der Waals surface area contributed by atoms with Crippen LogP contribution in [-0.2, 0) is 14.8 Å². The lowest BCUT2D eigenvalue weighted by Crippen LogP contribution is -2.40.